The number of benzene rings is 1. The first-order valence-corrected chi connectivity index (χ1v) is 13.7. The van der Waals surface area contributed by atoms with Crippen LogP contribution >= 0.6 is 0 Å². The number of carbonyl (C=O) groups is 3. The Hall–Kier alpha value is -3.41. The maximum absolute atomic E-state index is 14.0. The van der Waals surface area contributed by atoms with E-state index in [1.165, 1.54) is 0 Å². The molecule has 3 aliphatic carbocycles. The lowest BCUT2D eigenvalue weighted by atomic mass is 9.58. The number of aliphatic hydroxyl groups is 3. The van der Waals surface area contributed by atoms with Crippen LogP contribution in [0.4, 0.5) is 5.69 Å². The van der Waals surface area contributed by atoms with E-state index in [4.69, 9.17) is 5.73 Å². The van der Waals surface area contributed by atoms with E-state index in [1.807, 2.05) is 19.0 Å². The monoisotopic (exact) mass is 554 g/mol. The van der Waals surface area contributed by atoms with Crippen molar-refractivity contribution in [2.75, 3.05) is 39.6 Å². The molecule has 1 amide bonds. The molecule has 0 radical (unpaired) electrons. The Bertz CT molecular complexity index is 1380. The molecule has 1 heterocycles. The van der Waals surface area contributed by atoms with Crippen LogP contribution in [0.1, 0.15) is 47.7 Å². The maximum Gasteiger partial charge on any atom is 0.255 e. The van der Waals surface area contributed by atoms with Crippen molar-refractivity contribution in [3.8, 4) is 5.75 Å². The topological polar surface area (TPSA) is 168 Å². The van der Waals surface area contributed by atoms with Crippen molar-refractivity contribution >= 4 is 23.2 Å². The molecular weight excluding hydrogens is 516 g/mol. The second kappa shape index (κ2) is 9.60. The van der Waals surface area contributed by atoms with Crippen LogP contribution in [0, 0.1) is 11.8 Å². The number of aliphatic hydroxyl groups excluding tert-OH is 2. The van der Waals surface area contributed by atoms with Gasteiger partial charge in [0.15, 0.2) is 11.4 Å². The molecule has 1 aliphatic heterocycles. The van der Waals surface area contributed by atoms with E-state index < -0.39 is 58.0 Å². The van der Waals surface area contributed by atoms with Crippen molar-refractivity contribution in [2.24, 2.45) is 17.6 Å². The third-order valence-corrected chi connectivity index (χ3v) is 9.29. The Balaban J connectivity index is 1.68. The van der Waals surface area contributed by atoms with Crippen molar-refractivity contribution < 1.29 is 34.8 Å². The zero-order valence-electron chi connectivity index (χ0n) is 23.6. The van der Waals surface area contributed by atoms with Gasteiger partial charge in [0.25, 0.3) is 5.91 Å². The van der Waals surface area contributed by atoms with Gasteiger partial charge in [-0.2, -0.15) is 0 Å². The summed E-state index contributed by atoms with van der Waals surface area (Å²) in [7, 11) is 6.99. The Morgan fingerprint density at radius 3 is 2.40 bits per heavy atom. The molecule has 1 aromatic carbocycles. The van der Waals surface area contributed by atoms with Gasteiger partial charge in [0, 0.05) is 43.9 Å². The van der Waals surface area contributed by atoms with Crippen LogP contribution in [0.5, 0.6) is 5.75 Å². The first-order chi connectivity index (χ1) is 18.7. The summed E-state index contributed by atoms with van der Waals surface area (Å²) >= 11 is 0. The molecule has 0 bridgehead atoms. The van der Waals surface area contributed by atoms with Crippen LogP contribution in [0.3, 0.4) is 0 Å². The van der Waals surface area contributed by atoms with Gasteiger partial charge >= 0.3 is 0 Å². The number of hydrogen-bond donors (Lipinski definition) is 5. The Morgan fingerprint density at radius 2 is 1.85 bits per heavy atom. The lowest BCUT2D eigenvalue weighted by Gasteiger charge is -2.50. The van der Waals surface area contributed by atoms with Crippen molar-refractivity contribution in [1.29, 1.82) is 0 Å². The molecule has 40 heavy (non-hydrogen) atoms. The number of allylic oxidation sites excluding steroid dienone is 1. The molecule has 5 atom stereocenters. The summed E-state index contributed by atoms with van der Waals surface area (Å²) in [4.78, 5) is 45.4. The number of likely N-dealkylation sites (tertiary alicyclic amines) is 1. The van der Waals surface area contributed by atoms with Crippen molar-refractivity contribution in [3.05, 3.63) is 45.4 Å². The highest BCUT2D eigenvalue weighted by Crippen LogP contribution is 2.53. The minimum Gasteiger partial charge on any atom is -0.510 e. The van der Waals surface area contributed by atoms with Gasteiger partial charge in [-0.25, -0.2) is 0 Å². The second-order valence-electron chi connectivity index (χ2n) is 12.1. The van der Waals surface area contributed by atoms with Gasteiger partial charge in [-0.05, 0) is 76.4 Å². The number of primary amides is 1. The molecule has 216 valence electrons. The summed E-state index contributed by atoms with van der Waals surface area (Å²) in [6.07, 6.45) is 2.51. The number of hydrogen-bond acceptors (Lipinski definition) is 10. The van der Waals surface area contributed by atoms with E-state index in [2.05, 4.69) is 11.8 Å². The number of likely N-dealkylation sites (N-methyl/N-ethyl adjacent to an activating group) is 1. The normalized spacial score (nSPS) is 30.5. The van der Waals surface area contributed by atoms with E-state index in [1.54, 1.807) is 25.1 Å². The number of rotatable bonds is 5. The number of phenols is 1. The van der Waals surface area contributed by atoms with Gasteiger partial charge in [0.2, 0.25) is 5.78 Å². The van der Waals surface area contributed by atoms with Crippen molar-refractivity contribution in [1.82, 2.24) is 9.80 Å². The van der Waals surface area contributed by atoms with Gasteiger partial charge in [-0.1, -0.05) is 0 Å². The SMILES string of the molecule is C[C@@H]1CCCN1Cc1cc(O)c2c(c1N(C)C)C[C@H]1C[C@H]3[C@H](N(C)C)C(O)=C(C(N)=O)C(=O)[C@@]3(O)C(O)=C1C2=O. The van der Waals surface area contributed by atoms with E-state index in [0.717, 1.165) is 30.6 Å². The summed E-state index contributed by atoms with van der Waals surface area (Å²) in [5.41, 5.74) is 4.17. The number of nitrogens with two attached hydrogens (primary N) is 1. The van der Waals surface area contributed by atoms with Crippen LogP contribution in [0.25, 0.3) is 0 Å². The average molecular weight is 555 g/mol. The van der Waals surface area contributed by atoms with Crippen LogP contribution in [-0.4, -0.2) is 100 Å². The smallest absolute Gasteiger partial charge is 0.255 e. The molecule has 1 aromatic rings. The minimum absolute atomic E-state index is 0.0303. The predicted molar refractivity (Wildman–Crippen MR) is 147 cm³/mol. The molecule has 1 fully saturated rings. The summed E-state index contributed by atoms with van der Waals surface area (Å²) in [6, 6.07) is 0.972. The fourth-order valence-electron chi connectivity index (χ4n) is 7.50. The molecule has 11 nitrogen and oxygen atoms in total. The Morgan fingerprint density at radius 1 is 1.18 bits per heavy atom. The number of Topliss-reactive ketones (excluding diaryl/α,β-unsaturated/α-hetero) is 2. The summed E-state index contributed by atoms with van der Waals surface area (Å²) in [6.45, 7) is 3.72. The number of anilines is 1. The Labute approximate surface area is 233 Å². The number of fused-ring (bicyclic) bond motifs is 3. The van der Waals surface area contributed by atoms with Crippen LogP contribution in [-0.2, 0) is 22.6 Å². The lowest BCUT2D eigenvalue weighted by Crippen LogP contribution is -2.63. The number of aromatic hydroxyl groups is 1. The molecule has 11 heteroatoms. The third-order valence-electron chi connectivity index (χ3n) is 9.29. The molecule has 0 aromatic heterocycles. The largest absolute Gasteiger partial charge is 0.510 e. The quantitative estimate of drug-likeness (QED) is 0.333. The van der Waals surface area contributed by atoms with Crippen LogP contribution in [0.15, 0.2) is 28.7 Å². The van der Waals surface area contributed by atoms with Crippen LogP contribution in [0.2, 0.25) is 0 Å². The number of phenolic OH excluding ortho intramolecular Hbond substituents is 1. The first-order valence-electron chi connectivity index (χ1n) is 13.7. The van der Waals surface area contributed by atoms with Gasteiger partial charge in [-0.3, -0.25) is 24.2 Å². The third kappa shape index (κ3) is 3.86. The lowest BCUT2D eigenvalue weighted by molar-refractivity contribution is -0.148. The molecule has 5 rings (SSSR count). The minimum atomic E-state index is -2.64. The van der Waals surface area contributed by atoms with Gasteiger partial charge in [0.1, 0.15) is 22.8 Å². The highest BCUT2D eigenvalue weighted by Gasteiger charge is 2.63. The zero-order chi connectivity index (χ0) is 29.4. The highest BCUT2D eigenvalue weighted by molar-refractivity contribution is 6.24. The van der Waals surface area contributed by atoms with Gasteiger partial charge in [0.05, 0.1) is 11.6 Å². The van der Waals surface area contributed by atoms with Crippen molar-refractivity contribution in [2.45, 2.75) is 56.8 Å². The van der Waals surface area contributed by atoms with Gasteiger partial charge in [-0.15, -0.1) is 0 Å². The fourth-order valence-corrected chi connectivity index (χ4v) is 7.50. The van der Waals surface area contributed by atoms with E-state index in [0.29, 0.717) is 18.2 Å². The molecule has 6 N–H and O–H groups in total. The number of nitrogens with zero attached hydrogens (tertiary/aromatic N) is 3. The molecule has 0 spiro atoms. The second-order valence-corrected chi connectivity index (χ2v) is 12.1. The maximum atomic E-state index is 14.0. The zero-order valence-corrected chi connectivity index (χ0v) is 23.6. The van der Waals surface area contributed by atoms with E-state index >= 15 is 0 Å². The molecule has 0 saturated carbocycles. The highest BCUT2D eigenvalue weighted by atomic mass is 16.3. The van der Waals surface area contributed by atoms with Gasteiger partial charge < -0.3 is 31.1 Å². The molecule has 1 saturated heterocycles. The standard InChI is InChI=1S/C29H38N4O7/c1-13-7-6-8-33(13)12-15-11-18(34)20-16(22(15)31(2)3)9-14-10-17-23(32(4)5)25(36)21(28(30)39)27(38)29(17,40)26(37)19(14)24(20)35/h11,13-14,17,23,34,36-37,40H,6-10,12H2,1-5H3,(H2,30,39)/t13-,14+,17+,23+,29+/m1/s1. The summed E-state index contributed by atoms with van der Waals surface area (Å²) in [5, 5.41) is 45.3. The molecule has 4 aliphatic rings. The van der Waals surface area contributed by atoms with Crippen molar-refractivity contribution in [3.63, 3.8) is 0 Å². The van der Waals surface area contributed by atoms with E-state index in [-0.39, 0.29) is 29.7 Å². The number of amides is 1. The fraction of sp³-hybridized carbons (Fsp3) is 0.552. The summed E-state index contributed by atoms with van der Waals surface area (Å²) in [5.74, 6) is -6.47. The average Bonchev–Trinajstić information content (AvgIpc) is 3.24. The molecular formula is C29H38N4O7. The van der Waals surface area contributed by atoms with E-state index in [9.17, 15) is 34.8 Å². The molecule has 0 unspecified atom stereocenters. The number of ketones is 2. The summed E-state index contributed by atoms with van der Waals surface area (Å²) < 4.78 is 0. The number of carbonyl (C=O) groups excluding carboxylic acids is 3. The Kier molecular flexibility index (Phi) is 6.75. The predicted octanol–water partition coefficient (Wildman–Crippen LogP) is 1.17. The first kappa shape index (κ1) is 28.1. The van der Waals surface area contributed by atoms with Crippen LogP contribution < -0.4 is 10.6 Å².